The summed E-state index contributed by atoms with van der Waals surface area (Å²) in [4.78, 5) is 12.2. The van der Waals surface area contributed by atoms with Crippen molar-refractivity contribution in [1.29, 1.82) is 5.41 Å². The number of fused-ring (bicyclic) bond motifs is 1. The maximum absolute atomic E-state index is 12.8. The summed E-state index contributed by atoms with van der Waals surface area (Å²) >= 11 is 0. The van der Waals surface area contributed by atoms with Gasteiger partial charge in [0, 0.05) is 11.1 Å². The van der Waals surface area contributed by atoms with Crippen LogP contribution in [0.25, 0.3) is 11.0 Å². The third kappa shape index (κ3) is 2.54. The monoisotopic (exact) mass is 298 g/mol. The normalized spacial score (nSPS) is 10.6. The molecule has 0 aliphatic carbocycles. The first-order valence-corrected chi connectivity index (χ1v) is 6.42. The molecule has 3 aromatic rings. The Kier molecular flexibility index (Phi) is 3.34. The molecule has 0 unspecified atom stereocenters. The molecule has 0 saturated carbocycles. The minimum Gasteiger partial charge on any atom is -0.504 e. The molecule has 3 rings (SSSR count). The van der Waals surface area contributed by atoms with E-state index in [1.807, 2.05) is 0 Å². The van der Waals surface area contributed by atoms with Crippen LogP contribution in [0.5, 0.6) is 5.75 Å². The van der Waals surface area contributed by atoms with E-state index in [0.717, 1.165) is 0 Å². The Labute approximate surface area is 124 Å². The van der Waals surface area contributed by atoms with Gasteiger partial charge in [0.05, 0.1) is 0 Å². The molecular formula is C16H11FN2O3. The van der Waals surface area contributed by atoms with Crippen LogP contribution < -0.4 is 10.9 Å². The molecule has 110 valence electrons. The minimum atomic E-state index is -0.550. The van der Waals surface area contributed by atoms with Crippen LogP contribution in [0.4, 0.5) is 10.1 Å². The highest BCUT2D eigenvalue weighted by Crippen LogP contribution is 2.23. The molecule has 0 radical (unpaired) electrons. The number of halogens is 1. The fraction of sp³-hybridized carbons (Fsp3) is 0. The number of hydrogen-bond donors (Lipinski definition) is 3. The van der Waals surface area contributed by atoms with Crippen molar-refractivity contribution in [2.24, 2.45) is 0 Å². The second kappa shape index (κ2) is 5.33. The second-order valence-electron chi connectivity index (χ2n) is 4.65. The Morgan fingerprint density at radius 1 is 1.18 bits per heavy atom. The van der Waals surface area contributed by atoms with Gasteiger partial charge in [0.2, 0.25) is 5.55 Å². The topological polar surface area (TPSA) is 86.3 Å². The molecular weight excluding hydrogens is 287 g/mol. The van der Waals surface area contributed by atoms with Crippen LogP contribution >= 0.6 is 0 Å². The number of carbonyl (C=O) groups is 1. The zero-order valence-electron chi connectivity index (χ0n) is 11.3. The lowest BCUT2D eigenvalue weighted by atomic mass is 10.1. The fourth-order valence-electron chi connectivity index (χ4n) is 2.05. The van der Waals surface area contributed by atoms with E-state index in [4.69, 9.17) is 9.83 Å². The summed E-state index contributed by atoms with van der Waals surface area (Å²) in [5.74, 6) is -1.06. The molecule has 1 heterocycles. The molecule has 5 nitrogen and oxygen atoms in total. The largest absolute Gasteiger partial charge is 0.504 e. The SMILES string of the molecule is N=c1oc2c(O)cccc2cc1C(=O)Nc1ccc(F)cc1. The van der Waals surface area contributed by atoms with Crippen LogP contribution in [0, 0.1) is 11.2 Å². The van der Waals surface area contributed by atoms with Crippen LogP contribution in [0.15, 0.2) is 52.9 Å². The highest BCUT2D eigenvalue weighted by atomic mass is 19.1. The lowest BCUT2D eigenvalue weighted by molar-refractivity contribution is 0.102. The number of nitrogens with one attached hydrogen (secondary N) is 2. The number of anilines is 1. The number of amides is 1. The molecule has 0 spiro atoms. The molecule has 1 amide bonds. The van der Waals surface area contributed by atoms with Crippen LogP contribution in [-0.4, -0.2) is 11.0 Å². The molecule has 0 aliphatic heterocycles. The number of phenolic OH excluding ortho intramolecular Hbond substituents is 1. The first-order valence-electron chi connectivity index (χ1n) is 6.42. The quantitative estimate of drug-likeness (QED) is 0.679. The van der Waals surface area contributed by atoms with Gasteiger partial charge in [-0.15, -0.1) is 0 Å². The van der Waals surface area contributed by atoms with Crippen LogP contribution in [0.2, 0.25) is 0 Å². The Morgan fingerprint density at radius 2 is 1.91 bits per heavy atom. The van der Waals surface area contributed by atoms with Gasteiger partial charge in [0.25, 0.3) is 5.91 Å². The number of phenols is 1. The van der Waals surface area contributed by atoms with Crippen molar-refractivity contribution in [3.05, 3.63) is 65.5 Å². The van der Waals surface area contributed by atoms with Crippen molar-refractivity contribution < 1.29 is 18.7 Å². The zero-order chi connectivity index (χ0) is 15.7. The second-order valence-corrected chi connectivity index (χ2v) is 4.65. The smallest absolute Gasteiger partial charge is 0.261 e. The van der Waals surface area contributed by atoms with Crippen LogP contribution in [0.1, 0.15) is 10.4 Å². The highest BCUT2D eigenvalue weighted by Gasteiger charge is 2.13. The van der Waals surface area contributed by atoms with E-state index in [0.29, 0.717) is 11.1 Å². The van der Waals surface area contributed by atoms with Gasteiger partial charge in [-0.2, -0.15) is 0 Å². The van der Waals surface area contributed by atoms with Crippen molar-refractivity contribution in [3.8, 4) is 5.75 Å². The Balaban J connectivity index is 1.99. The van der Waals surface area contributed by atoms with E-state index in [9.17, 15) is 14.3 Å². The third-order valence-electron chi connectivity index (χ3n) is 3.12. The summed E-state index contributed by atoms with van der Waals surface area (Å²) < 4.78 is 18.0. The number of benzene rings is 2. The maximum Gasteiger partial charge on any atom is 0.261 e. The zero-order valence-corrected chi connectivity index (χ0v) is 11.3. The molecule has 2 aromatic carbocycles. The minimum absolute atomic E-state index is 0.0161. The molecule has 0 saturated heterocycles. The average Bonchev–Trinajstić information content (AvgIpc) is 2.50. The number of rotatable bonds is 2. The molecule has 1 aromatic heterocycles. The maximum atomic E-state index is 12.8. The van der Waals surface area contributed by atoms with E-state index in [1.54, 1.807) is 12.1 Å². The third-order valence-corrected chi connectivity index (χ3v) is 3.12. The Hall–Kier alpha value is -3.15. The fourth-order valence-corrected chi connectivity index (χ4v) is 2.05. The molecule has 22 heavy (non-hydrogen) atoms. The van der Waals surface area contributed by atoms with E-state index >= 15 is 0 Å². The number of carbonyl (C=O) groups excluding carboxylic acids is 1. The van der Waals surface area contributed by atoms with Crippen LogP contribution in [0.3, 0.4) is 0 Å². The Morgan fingerprint density at radius 3 is 2.64 bits per heavy atom. The van der Waals surface area contributed by atoms with Gasteiger partial charge in [0.1, 0.15) is 11.4 Å². The molecule has 0 atom stereocenters. The summed E-state index contributed by atoms with van der Waals surface area (Å²) in [5, 5.41) is 20.5. The van der Waals surface area contributed by atoms with Gasteiger partial charge in [-0.3, -0.25) is 10.2 Å². The van der Waals surface area contributed by atoms with Crippen molar-refractivity contribution >= 4 is 22.6 Å². The predicted octanol–water partition coefficient (Wildman–Crippen LogP) is 3.01. The lowest BCUT2D eigenvalue weighted by Crippen LogP contribution is -2.20. The summed E-state index contributed by atoms with van der Waals surface area (Å²) in [6, 6.07) is 11.4. The summed E-state index contributed by atoms with van der Waals surface area (Å²) in [6.45, 7) is 0. The standard InChI is InChI=1S/C16H11FN2O3/c17-10-4-6-11(7-5-10)19-16(21)12-8-9-2-1-3-13(20)14(9)22-15(12)18/h1-8,18,20H,(H,19,21). The molecule has 3 N–H and O–H groups in total. The van der Waals surface area contributed by atoms with Gasteiger partial charge in [-0.1, -0.05) is 12.1 Å². The van der Waals surface area contributed by atoms with E-state index in [-0.39, 0.29) is 22.5 Å². The highest BCUT2D eigenvalue weighted by molar-refractivity contribution is 6.05. The Bertz CT molecular complexity index is 917. The lowest BCUT2D eigenvalue weighted by Gasteiger charge is -2.06. The van der Waals surface area contributed by atoms with Gasteiger partial charge in [-0.05, 0) is 36.4 Å². The number of hydrogen-bond acceptors (Lipinski definition) is 4. The number of para-hydroxylation sites is 1. The van der Waals surface area contributed by atoms with Gasteiger partial charge in [-0.25, -0.2) is 4.39 Å². The molecule has 0 bridgehead atoms. The van der Waals surface area contributed by atoms with E-state index < -0.39 is 11.7 Å². The average molecular weight is 298 g/mol. The van der Waals surface area contributed by atoms with Crippen molar-refractivity contribution in [2.45, 2.75) is 0 Å². The number of aromatic hydroxyl groups is 1. The predicted molar refractivity (Wildman–Crippen MR) is 78.1 cm³/mol. The van der Waals surface area contributed by atoms with Crippen molar-refractivity contribution in [3.63, 3.8) is 0 Å². The molecule has 0 aliphatic rings. The summed E-state index contributed by atoms with van der Waals surface area (Å²) in [5.41, 5.74) is 0.198. The summed E-state index contributed by atoms with van der Waals surface area (Å²) in [7, 11) is 0. The first kappa shape index (κ1) is 13.8. The van der Waals surface area contributed by atoms with Gasteiger partial charge < -0.3 is 14.8 Å². The molecule has 6 heteroatoms. The van der Waals surface area contributed by atoms with Crippen molar-refractivity contribution in [1.82, 2.24) is 0 Å². The van der Waals surface area contributed by atoms with E-state index in [2.05, 4.69) is 5.32 Å². The van der Waals surface area contributed by atoms with Crippen molar-refractivity contribution in [2.75, 3.05) is 5.32 Å². The summed E-state index contributed by atoms with van der Waals surface area (Å²) in [6.07, 6.45) is 0. The van der Waals surface area contributed by atoms with Crippen LogP contribution in [-0.2, 0) is 0 Å². The first-order chi connectivity index (χ1) is 10.5. The van der Waals surface area contributed by atoms with Gasteiger partial charge in [0.15, 0.2) is 11.3 Å². The van der Waals surface area contributed by atoms with E-state index in [1.165, 1.54) is 36.4 Å². The van der Waals surface area contributed by atoms with Gasteiger partial charge >= 0.3 is 0 Å². The molecule has 0 fully saturated rings.